The van der Waals surface area contributed by atoms with Crippen molar-refractivity contribution in [3.63, 3.8) is 0 Å². The van der Waals surface area contributed by atoms with Gasteiger partial charge in [0.25, 0.3) is 0 Å². The summed E-state index contributed by atoms with van der Waals surface area (Å²) >= 11 is 0. The summed E-state index contributed by atoms with van der Waals surface area (Å²) in [4.78, 5) is 0.170. The van der Waals surface area contributed by atoms with E-state index in [0.29, 0.717) is 13.0 Å². The van der Waals surface area contributed by atoms with E-state index in [1.165, 1.54) is 6.07 Å². The first-order valence-corrected chi connectivity index (χ1v) is 13.2. The number of sulfonamides is 2. The zero-order chi connectivity index (χ0) is 24.4. The largest absolute Gasteiger partial charge is 0.392 e. The number of benzene rings is 1. The predicted octanol–water partition coefficient (Wildman–Crippen LogP) is -1.31. The molecule has 0 radical (unpaired) electrons. The lowest BCUT2D eigenvalue weighted by Gasteiger charge is -2.36. The Balaban J connectivity index is 2.20. The van der Waals surface area contributed by atoms with Gasteiger partial charge in [0.2, 0.25) is 25.9 Å². The summed E-state index contributed by atoms with van der Waals surface area (Å²) in [5.74, 6) is -0.572. The van der Waals surface area contributed by atoms with Crippen molar-refractivity contribution < 1.29 is 26.3 Å². The van der Waals surface area contributed by atoms with Crippen LogP contribution in [0.1, 0.15) is 19.8 Å². The third-order valence-electron chi connectivity index (χ3n) is 5.54. The van der Waals surface area contributed by atoms with Crippen LogP contribution in [0.2, 0.25) is 0 Å². The highest BCUT2D eigenvalue weighted by Crippen LogP contribution is 2.39. The van der Waals surface area contributed by atoms with Crippen molar-refractivity contribution in [1.29, 1.82) is 0 Å². The fourth-order valence-corrected chi connectivity index (χ4v) is 6.33. The molecule has 3 rings (SSSR count). The van der Waals surface area contributed by atoms with Gasteiger partial charge in [-0.2, -0.15) is 5.21 Å². The van der Waals surface area contributed by atoms with E-state index in [1.54, 1.807) is 11.8 Å². The van der Waals surface area contributed by atoms with Crippen molar-refractivity contribution in [2.45, 2.75) is 41.8 Å². The van der Waals surface area contributed by atoms with Crippen molar-refractivity contribution in [3.05, 3.63) is 12.1 Å². The molecule has 13 nitrogen and oxygen atoms in total. The number of aliphatic hydroxyl groups excluding tert-OH is 1. The molecule has 1 aliphatic rings. The van der Waals surface area contributed by atoms with Gasteiger partial charge in [0.15, 0.2) is 0 Å². The van der Waals surface area contributed by atoms with Crippen LogP contribution in [-0.2, 0) is 20.0 Å². The second-order valence-electron chi connectivity index (χ2n) is 7.73. The minimum absolute atomic E-state index is 0.0934. The molecule has 1 aliphatic heterocycles. The smallest absolute Gasteiger partial charge is 0.242 e. The van der Waals surface area contributed by atoms with Crippen molar-refractivity contribution in [2.75, 3.05) is 31.1 Å². The van der Waals surface area contributed by atoms with E-state index in [0.717, 1.165) is 6.07 Å². The summed E-state index contributed by atoms with van der Waals surface area (Å²) in [6, 6.07) is 2.42. The van der Waals surface area contributed by atoms with Crippen molar-refractivity contribution in [2.24, 2.45) is 16.8 Å². The topological polar surface area (TPSA) is 210 Å². The number of hydrogen-bond donors (Lipinski definition) is 5. The minimum Gasteiger partial charge on any atom is -0.392 e. The molecule has 33 heavy (non-hydrogen) atoms. The Labute approximate surface area is 190 Å². The van der Waals surface area contributed by atoms with Gasteiger partial charge in [0.1, 0.15) is 16.0 Å². The zero-order valence-corrected chi connectivity index (χ0v) is 19.5. The van der Waals surface area contributed by atoms with Crippen LogP contribution in [0.25, 0.3) is 11.4 Å². The van der Waals surface area contributed by atoms with E-state index < -0.39 is 42.1 Å². The summed E-state index contributed by atoms with van der Waals surface area (Å²) in [6.45, 7) is 1.73. The highest BCUT2D eigenvalue weighted by Gasteiger charge is 2.35. The van der Waals surface area contributed by atoms with Crippen molar-refractivity contribution >= 4 is 25.7 Å². The number of nitrogens with one attached hydrogen (secondary N) is 2. The number of alkyl halides is 1. The standard InChI is InChI=1S/C17H27FN8O5S2/c1-2-11(27)8-21-33(30,31)14-4-3-13(26-6-5-10(7-19)12(18)9-26)15(16(14)32(20,28)29)17-22-24-25-23-17/h3-4,10-12,21,27H,2,5-9,19H2,1H3,(H2,20,28,29)(H,22,23,24,25)/t10-,11+,12-/m0/s1. The van der Waals surface area contributed by atoms with Gasteiger partial charge in [-0.1, -0.05) is 6.92 Å². The summed E-state index contributed by atoms with van der Waals surface area (Å²) in [5, 5.41) is 28.4. The highest BCUT2D eigenvalue weighted by atomic mass is 32.2. The Morgan fingerprint density at radius 3 is 2.64 bits per heavy atom. The number of H-pyrrole nitrogens is 1. The molecule has 1 saturated heterocycles. The number of nitrogens with zero attached hydrogens (tertiary/aromatic N) is 4. The number of aromatic nitrogens is 4. The van der Waals surface area contributed by atoms with Crippen LogP contribution in [0.3, 0.4) is 0 Å². The molecule has 7 N–H and O–H groups in total. The second kappa shape index (κ2) is 9.94. The van der Waals surface area contributed by atoms with E-state index in [2.05, 4.69) is 25.3 Å². The molecule has 16 heteroatoms. The maximum absolute atomic E-state index is 14.6. The SMILES string of the molecule is CC[C@@H](O)CNS(=O)(=O)c1ccc(N2CC[C@@H](CN)[C@@H](F)C2)c(-c2nn[nH]n2)c1S(N)(=O)=O. The number of piperidine rings is 1. The third kappa shape index (κ3) is 5.47. The summed E-state index contributed by atoms with van der Waals surface area (Å²) in [5.41, 5.74) is 5.58. The first kappa shape index (κ1) is 25.4. The van der Waals surface area contributed by atoms with Gasteiger partial charge in [-0.3, -0.25) is 0 Å². The number of aliphatic hydroxyl groups is 1. The van der Waals surface area contributed by atoms with Crippen LogP contribution >= 0.6 is 0 Å². The number of halogens is 1. The number of primary sulfonamides is 1. The molecule has 0 aliphatic carbocycles. The quantitative estimate of drug-likeness (QED) is 0.271. The molecule has 1 aromatic heterocycles. The summed E-state index contributed by atoms with van der Waals surface area (Å²) in [6.07, 6.45) is -1.56. The summed E-state index contributed by atoms with van der Waals surface area (Å²) < 4.78 is 68.0. The molecule has 1 aromatic carbocycles. The Morgan fingerprint density at radius 1 is 1.36 bits per heavy atom. The van der Waals surface area contributed by atoms with Gasteiger partial charge in [-0.25, -0.2) is 31.1 Å². The van der Waals surface area contributed by atoms with Gasteiger partial charge in [0.05, 0.1) is 11.7 Å². The van der Waals surface area contributed by atoms with Crippen LogP contribution in [0.5, 0.6) is 0 Å². The van der Waals surface area contributed by atoms with Crippen molar-refractivity contribution in [1.82, 2.24) is 25.3 Å². The van der Waals surface area contributed by atoms with Gasteiger partial charge < -0.3 is 15.7 Å². The molecule has 2 aromatic rings. The fraction of sp³-hybridized carbons (Fsp3) is 0.588. The lowest BCUT2D eigenvalue weighted by Crippen LogP contribution is -2.44. The first-order chi connectivity index (χ1) is 15.5. The Bertz CT molecular complexity index is 1180. The van der Waals surface area contributed by atoms with Crippen LogP contribution in [-0.4, -0.2) is 81.0 Å². The number of nitrogens with two attached hydrogens (primary N) is 2. The van der Waals surface area contributed by atoms with E-state index in [9.17, 15) is 26.3 Å². The zero-order valence-electron chi connectivity index (χ0n) is 17.8. The minimum atomic E-state index is -4.65. The highest BCUT2D eigenvalue weighted by molar-refractivity contribution is 7.92. The monoisotopic (exact) mass is 506 g/mol. The number of aromatic amines is 1. The normalized spacial score (nSPS) is 20.7. The van der Waals surface area contributed by atoms with E-state index >= 15 is 0 Å². The van der Waals surface area contributed by atoms with E-state index in [1.807, 2.05) is 0 Å². The second-order valence-corrected chi connectivity index (χ2v) is 11.0. The number of tetrazole rings is 1. The van der Waals surface area contributed by atoms with Crippen LogP contribution < -0.4 is 20.5 Å². The third-order valence-corrected chi connectivity index (χ3v) is 8.13. The Hall–Kier alpha value is -2.24. The predicted molar refractivity (Wildman–Crippen MR) is 117 cm³/mol. The average Bonchev–Trinajstić information content (AvgIpc) is 3.30. The lowest BCUT2D eigenvalue weighted by molar-refractivity contribution is 0.174. The Morgan fingerprint density at radius 2 is 2.09 bits per heavy atom. The lowest BCUT2D eigenvalue weighted by atomic mass is 9.94. The summed E-state index contributed by atoms with van der Waals surface area (Å²) in [7, 11) is -9.08. The average molecular weight is 507 g/mol. The van der Waals surface area contributed by atoms with Crippen LogP contribution in [0.15, 0.2) is 21.9 Å². The molecular weight excluding hydrogens is 479 g/mol. The molecule has 0 saturated carbocycles. The number of hydrogen-bond acceptors (Lipinski definition) is 10. The molecule has 0 amide bonds. The van der Waals surface area contributed by atoms with Gasteiger partial charge in [0, 0.05) is 31.2 Å². The molecule has 184 valence electrons. The molecule has 0 spiro atoms. The maximum Gasteiger partial charge on any atom is 0.242 e. The molecule has 1 fully saturated rings. The van der Waals surface area contributed by atoms with E-state index in [-0.39, 0.29) is 49.0 Å². The Kier molecular flexibility index (Phi) is 7.65. The van der Waals surface area contributed by atoms with Gasteiger partial charge >= 0.3 is 0 Å². The fourth-order valence-electron chi connectivity index (χ4n) is 3.66. The van der Waals surface area contributed by atoms with Gasteiger partial charge in [-0.15, -0.1) is 10.2 Å². The van der Waals surface area contributed by atoms with Crippen LogP contribution in [0.4, 0.5) is 10.1 Å². The number of anilines is 1. The molecule has 2 heterocycles. The van der Waals surface area contributed by atoms with E-state index in [4.69, 9.17) is 10.9 Å². The first-order valence-electron chi connectivity index (χ1n) is 10.2. The molecular formula is C17H27FN8O5S2. The molecule has 0 unspecified atom stereocenters. The maximum atomic E-state index is 14.6. The van der Waals surface area contributed by atoms with Crippen LogP contribution in [0, 0.1) is 5.92 Å². The van der Waals surface area contributed by atoms with Crippen molar-refractivity contribution in [3.8, 4) is 11.4 Å². The molecule has 0 bridgehead atoms. The number of rotatable bonds is 9. The molecule has 3 atom stereocenters. The van der Waals surface area contributed by atoms with Gasteiger partial charge in [-0.05, 0) is 36.7 Å².